The zero-order valence-electron chi connectivity index (χ0n) is 14.8. The molecule has 1 amide bonds. The van der Waals surface area contributed by atoms with Crippen molar-refractivity contribution in [2.24, 2.45) is 0 Å². The molecule has 0 N–H and O–H groups in total. The Morgan fingerprint density at radius 2 is 1.71 bits per heavy atom. The molecular weight excluding hydrogens is 314 g/mol. The van der Waals surface area contributed by atoms with Gasteiger partial charge in [0, 0.05) is 24.6 Å². The average Bonchev–Trinajstić information content (AvgIpc) is 2.55. The fraction of sp³-hybridized carbons (Fsp3) is 0.286. The van der Waals surface area contributed by atoms with Crippen molar-refractivity contribution in [1.82, 2.24) is 0 Å². The lowest BCUT2D eigenvalue weighted by Gasteiger charge is -2.19. The molecule has 0 aliphatic rings. The summed E-state index contributed by atoms with van der Waals surface area (Å²) < 4.78 is 0. The maximum absolute atomic E-state index is 12.1. The van der Waals surface area contributed by atoms with Crippen LogP contribution in [0.3, 0.4) is 0 Å². The third kappa shape index (κ3) is 4.51. The number of rotatable bonds is 5. The molecule has 0 saturated heterocycles. The number of hydrogen-bond acceptors (Lipinski definition) is 2. The van der Waals surface area contributed by atoms with E-state index in [0.717, 1.165) is 23.4 Å². The number of allylic oxidation sites excluding steroid dienone is 1. The second kappa shape index (κ2) is 8.20. The van der Waals surface area contributed by atoms with Crippen molar-refractivity contribution in [2.75, 3.05) is 4.90 Å². The van der Waals surface area contributed by atoms with Gasteiger partial charge in [0.05, 0.1) is 0 Å². The second-order valence-corrected chi connectivity index (χ2v) is 6.55. The van der Waals surface area contributed by atoms with Crippen LogP contribution in [-0.4, -0.2) is 5.91 Å². The van der Waals surface area contributed by atoms with Gasteiger partial charge < -0.3 is 0 Å². The first-order chi connectivity index (χ1) is 11.4. The first-order valence-corrected chi connectivity index (χ1v) is 8.77. The predicted octanol–water partition coefficient (Wildman–Crippen LogP) is 5.23. The van der Waals surface area contributed by atoms with E-state index in [0.29, 0.717) is 0 Å². The van der Waals surface area contributed by atoms with Crippen molar-refractivity contribution < 1.29 is 4.79 Å². The normalized spacial score (nSPS) is 11.5. The number of carbonyl (C=O) groups excluding carboxylic acids is 1. The molecule has 2 aromatic rings. The van der Waals surface area contributed by atoms with Gasteiger partial charge in [0.25, 0.3) is 0 Å². The van der Waals surface area contributed by atoms with Gasteiger partial charge in [-0.1, -0.05) is 35.9 Å². The van der Waals surface area contributed by atoms with E-state index in [1.54, 1.807) is 11.8 Å². The minimum Gasteiger partial charge on any atom is -0.288 e. The number of benzene rings is 2. The molecule has 0 bridgehead atoms. The minimum atomic E-state index is 0.0140. The highest BCUT2D eigenvalue weighted by molar-refractivity contribution is 7.79. The fourth-order valence-electron chi connectivity index (χ4n) is 2.67. The van der Waals surface area contributed by atoms with Crippen LogP contribution in [0.4, 0.5) is 5.69 Å². The van der Waals surface area contributed by atoms with Crippen LogP contribution >= 0.6 is 12.6 Å². The van der Waals surface area contributed by atoms with Crippen LogP contribution in [0.5, 0.6) is 0 Å². The van der Waals surface area contributed by atoms with Gasteiger partial charge in [0.1, 0.15) is 0 Å². The number of anilines is 1. The van der Waals surface area contributed by atoms with E-state index in [2.05, 4.69) is 57.7 Å². The molecule has 0 aliphatic heterocycles. The van der Waals surface area contributed by atoms with Gasteiger partial charge in [-0.05, 0) is 61.6 Å². The predicted molar refractivity (Wildman–Crippen MR) is 106 cm³/mol. The van der Waals surface area contributed by atoms with E-state index < -0.39 is 0 Å². The Bertz CT molecular complexity index is 764. The molecule has 24 heavy (non-hydrogen) atoms. The molecule has 2 nitrogen and oxygen atoms in total. The van der Waals surface area contributed by atoms with Gasteiger partial charge in [-0.3, -0.25) is 9.69 Å². The van der Waals surface area contributed by atoms with Crippen LogP contribution in [0.15, 0.2) is 54.2 Å². The SMILES string of the molecule is CC(=O)N(/C=C(\C)Cc1ccccc1CS)c1ccc(C)c(C)c1. The topological polar surface area (TPSA) is 20.3 Å². The molecule has 0 saturated carbocycles. The average molecular weight is 340 g/mol. The van der Waals surface area contributed by atoms with Crippen molar-refractivity contribution in [3.05, 3.63) is 76.5 Å². The van der Waals surface area contributed by atoms with E-state index in [9.17, 15) is 4.79 Å². The highest BCUT2D eigenvalue weighted by atomic mass is 32.1. The zero-order valence-corrected chi connectivity index (χ0v) is 15.7. The Kier molecular flexibility index (Phi) is 6.27. The molecule has 0 radical (unpaired) electrons. The maximum Gasteiger partial charge on any atom is 0.227 e. The molecule has 0 unspecified atom stereocenters. The summed E-state index contributed by atoms with van der Waals surface area (Å²) in [5, 5.41) is 0. The van der Waals surface area contributed by atoms with Gasteiger partial charge in [-0.25, -0.2) is 0 Å². The Hall–Kier alpha value is -2.00. The number of nitrogens with zero attached hydrogens (tertiary/aromatic N) is 1. The largest absolute Gasteiger partial charge is 0.288 e. The van der Waals surface area contributed by atoms with Crippen molar-refractivity contribution >= 4 is 24.2 Å². The Labute approximate surface area is 150 Å². The molecule has 0 atom stereocenters. The molecule has 3 heteroatoms. The van der Waals surface area contributed by atoms with Gasteiger partial charge in [-0.2, -0.15) is 12.6 Å². The van der Waals surface area contributed by atoms with E-state index in [-0.39, 0.29) is 5.91 Å². The van der Waals surface area contributed by atoms with Crippen LogP contribution in [-0.2, 0) is 17.0 Å². The highest BCUT2D eigenvalue weighted by Crippen LogP contribution is 2.22. The summed E-state index contributed by atoms with van der Waals surface area (Å²) in [5.74, 6) is 0.733. The summed E-state index contributed by atoms with van der Waals surface area (Å²) in [5.41, 5.74) is 6.94. The molecule has 2 rings (SSSR count). The Balaban J connectivity index is 2.29. The van der Waals surface area contributed by atoms with E-state index in [1.807, 2.05) is 24.4 Å². The quantitative estimate of drug-likeness (QED) is 0.739. The van der Waals surface area contributed by atoms with E-state index >= 15 is 0 Å². The molecule has 0 spiro atoms. The summed E-state index contributed by atoms with van der Waals surface area (Å²) in [6, 6.07) is 14.4. The first-order valence-electron chi connectivity index (χ1n) is 8.14. The van der Waals surface area contributed by atoms with Gasteiger partial charge >= 0.3 is 0 Å². The van der Waals surface area contributed by atoms with Crippen molar-refractivity contribution in [3.8, 4) is 0 Å². The fourth-order valence-corrected chi connectivity index (χ4v) is 2.98. The summed E-state index contributed by atoms with van der Waals surface area (Å²) in [6.45, 7) is 7.80. The maximum atomic E-state index is 12.1. The number of amides is 1. The standard InChI is InChI=1S/C21H25NOS/c1-15(11-19-7-5-6-8-20(19)14-24)13-22(18(4)23)21-10-9-16(2)17(3)12-21/h5-10,12-13,24H,11,14H2,1-4H3/b15-13+. The lowest BCUT2D eigenvalue weighted by atomic mass is 10.0. The number of aryl methyl sites for hydroxylation is 2. The summed E-state index contributed by atoms with van der Waals surface area (Å²) in [4.78, 5) is 13.8. The third-order valence-electron chi connectivity index (χ3n) is 4.22. The smallest absolute Gasteiger partial charge is 0.227 e. The van der Waals surface area contributed by atoms with Crippen molar-refractivity contribution in [1.29, 1.82) is 0 Å². The molecule has 0 aromatic heterocycles. The Morgan fingerprint density at radius 1 is 1.04 bits per heavy atom. The monoisotopic (exact) mass is 339 g/mol. The summed E-state index contributed by atoms with van der Waals surface area (Å²) in [6.07, 6.45) is 2.76. The number of carbonyl (C=O) groups is 1. The molecular formula is C21H25NOS. The van der Waals surface area contributed by atoms with Crippen LogP contribution in [0.1, 0.15) is 36.1 Å². The molecule has 0 fully saturated rings. The molecule has 2 aromatic carbocycles. The minimum absolute atomic E-state index is 0.0140. The molecule has 0 heterocycles. The second-order valence-electron chi connectivity index (χ2n) is 6.24. The first kappa shape index (κ1) is 18.3. The third-order valence-corrected chi connectivity index (χ3v) is 4.56. The lowest BCUT2D eigenvalue weighted by molar-refractivity contribution is -0.116. The van der Waals surface area contributed by atoms with Gasteiger partial charge in [0.15, 0.2) is 0 Å². The van der Waals surface area contributed by atoms with Gasteiger partial charge in [0.2, 0.25) is 5.91 Å². The molecule has 126 valence electrons. The summed E-state index contributed by atoms with van der Waals surface area (Å²) >= 11 is 4.40. The van der Waals surface area contributed by atoms with Gasteiger partial charge in [-0.15, -0.1) is 0 Å². The van der Waals surface area contributed by atoms with Crippen LogP contribution in [0.2, 0.25) is 0 Å². The van der Waals surface area contributed by atoms with Crippen LogP contribution in [0.25, 0.3) is 0 Å². The lowest BCUT2D eigenvalue weighted by Crippen LogP contribution is -2.22. The van der Waals surface area contributed by atoms with E-state index in [1.165, 1.54) is 22.3 Å². The van der Waals surface area contributed by atoms with Crippen molar-refractivity contribution in [3.63, 3.8) is 0 Å². The summed E-state index contributed by atoms with van der Waals surface area (Å²) in [7, 11) is 0. The highest BCUT2D eigenvalue weighted by Gasteiger charge is 2.11. The van der Waals surface area contributed by atoms with Crippen molar-refractivity contribution in [2.45, 2.75) is 39.9 Å². The number of hydrogen-bond donors (Lipinski definition) is 1. The zero-order chi connectivity index (χ0) is 17.7. The molecule has 0 aliphatic carbocycles. The number of thiol groups is 1. The Morgan fingerprint density at radius 3 is 2.29 bits per heavy atom. The van der Waals surface area contributed by atoms with Crippen LogP contribution in [0, 0.1) is 13.8 Å². The van der Waals surface area contributed by atoms with Crippen LogP contribution < -0.4 is 4.90 Å². The van der Waals surface area contributed by atoms with E-state index in [4.69, 9.17) is 0 Å².